The van der Waals surface area contributed by atoms with E-state index in [1.807, 2.05) is 13.0 Å². The molecule has 2 rings (SSSR count). The van der Waals surface area contributed by atoms with Gasteiger partial charge in [0.2, 0.25) is 0 Å². The third-order valence-corrected chi connectivity index (χ3v) is 2.79. The van der Waals surface area contributed by atoms with E-state index in [0.29, 0.717) is 6.42 Å². The van der Waals surface area contributed by atoms with Crippen LogP contribution in [0.5, 0.6) is 0 Å². The lowest BCUT2D eigenvalue weighted by molar-refractivity contribution is -0.385. The first-order chi connectivity index (χ1) is 9.97. The van der Waals surface area contributed by atoms with Crippen molar-refractivity contribution in [3.05, 3.63) is 52.1 Å². The van der Waals surface area contributed by atoms with E-state index in [1.165, 1.54) is 0 Å². The van der Waals surface area contributed by atoms with Crippen LogP contribution in [0.2, 0.25) is 0 Å². The SMILES string of the molecule is CC(Cc1ccco1)Nc1cc(C(=O)O)c([N+](=O)[O-])cn1. The molecule has 8 heteroatoms. The summed E-state index contributed by atoms with van der Waals surface area (Å²) in [6.45, 7) is 1.87. The van der Waals surface area contributed by atoms with Gasteiger partial charge >= 0.3 is 11.7 Å². The maximum absolute atomic E-state index is 11.0. The van der Waals surface area contributed by atoms with Crippen LogP contribution in [0.3, 0.4) is 0 Å². The highest BCUT2D eigenvalue weighted by molar-refractivity contribution is 5.93. The topological polar surface area (TPSA) is 119 Å². The number of nitrogens with one attached hydrogen (secondary N) is 1. The third-order valence-electron chi connectivity index (χ3n) is 2.79. The van der Waals surface area contributed by atoms with Crippen molar-refractivity contribution < 1.29 is 19.2 Å². The van der Waals surface area contributed by atoms with Gasteiger partial charge in [-0.15, -0.1) is 0 Å². The fourth-order valence-corrected chi connectivity index (χ4v) is 1.88. The van der Waals surface area contributed by atoms with Gasteiger partial charge in [-0.2, -0.15) is 0 Å². The van der Waals surface area contributed by atoms with E-state index in [1.54, 1.807) is 12.3 Å². The number of nitrogens with zero attached hydrogens (tertiary/aromatic N) is 2. The molecule has 0 spiro atoms. The van der Waals surface area contributed by atoms with Crippen molar-refractivity contribution in [3.8, 4) is 0 Å². The Morgan fingerprint density at radius 2 is 2.38 bits per heavy atom. The maximum atomic E-state index is 11.0. The number of hydrogen-bond donors (Lipinski definition) is 2. The van der Waals surface area contributed by atoms with Gasteiger partial charge in [-0.1, -0.05) is 0 Å². The minimum Gasteiger partial charge on any atom is -0.477 e. The van der Waals surface area contributed by atoms with Crippen molar-refractivity contribution in [2.45, 2.75) is 19.4 Å². The molecule has 0 saturated carbocycles. The van der Waals surface area contributed by atoms with Crippen LogP contribution in [0.15, 0.2) is 35.1 Å². The normalized spacial score (nSPS) is 11.9. The Balaban J connectivity index is 2.15. The predicted molar refractivity (Wildman–Crippen MR) is 73.3 cm³/mol. The van der Waals surface area contributed by atoms with Gasteiger partial charge in [0.25, 0.3) is 0 Å². The van der Waals surface area contributed by atoms with Crippen LogP contribution in [0, 0.1) is 10.1 Å². The Bertz CT molecular complexity index is 654. The van der Waals surface area contributed by atoms with Crippen molar-refractivity contribution in [3.63, 3.8) is 0 Å². The van der Waals surface area contributed by atoms with Crippen LogP contribution in [0.4, 0.5) is 11.5 Å². The smallest absolute Gasteiger partial charge is 0.342 e. The molecule has 2 aromatic heterocycles. The second-order valence-electron chi connectivity index (χ2n) is 4.48. The molecule has 0 fully saturated rings. The number of pyridine rings is 1. The average Bonchev–Trinajstić information content (AvgIpc) is 2.90. The first-order valence-electron chi connectivity index (χ1n) is 6.14. The summed E-state index contributed by atoms with van der Waals surface area (Å²) in [4.78, 5) is 24.9. The second-order valence-corrected chi connectivity index (χ2v) is 4.48. The number of anilines is 1. The Labute approximate surface area is 119 Å². The number of hydrogen-bond acceptors (Lipinski definition) is 6. The van der Waals surface area contributed by atoms with E-state index in [4.69, 9.17) is 9.52 Å². The van der Waals surface area contributed by atoms with Crippen LogP contribution >= 0.6 is 0 Å². The first kappa shape index (κ1) is 14.5. The fourth-order valence-electron chi connectivity index (χ4n) is 1.88. The maximum Gasteiger partial charge on any atom is 0.342 e. The zero-order chi connectivity index (χ0) is 15.4. The Morgan fingerprint density at radius 3 is 2.95 bits per heavy atom. The van der Waals surface area contributed by atoms with Crippen LogP contribution in [0.1, 0.15) is 23.0 Å². The number of rotatable bonds is 6. The second kappa shape index (κ2) is 6.04. The Hall–Kier alpha value is -2.90. The molecule has 0 aliphatic heterocycles. The van der Waals surface area contributed by atoms with Gasteiger partial charge in [0.05, 0.1) is 11.2 Å². The van der Waals surface area contributed by atoms with E-state index in [9.17, 15) is 14.9 Å². The van der Waals surface area contributed by atoms with Crippen LogP contribution in [-0.2, 0) is 6.42 Å². The molecular formula is C13H13N3O5. The predicted octanol–water partition coefficient (Wildman–Crippen LogP) is 2.32. The lowest BCUT2D eigenvalue weighted by atomic mass is 10.2. The highest BCUT2D eigenvalue weighted by Gasteiger charge is 2.21. The molecule has 2 heterocycles. The van der Waals surface area contributed by atoms with Crippen LogP contribution in [0.25, 0.3) is 0 Å². The molecule has 0 saturated heterocycles. The summed E-state index contributed by atoms with van der Waals surface area (Å²) in [5.74, 6) is -0.335. The highest BCUT2D eigenvalue weighted by atomic mass is 16.6. The van der Waals surface area contributed by atoms with E-state index in [-0.39, 0.29) is 11.9 Å². The quantitative estimate of drug-likeness (QED) is 0.619. The van der Waals surface area contributed by atoms with Crippen molar-refractivity contribution in [1.82, 2.24) is 4.98 Å². The van der Waals surface area contributed by atoms with Crippen LogP contribution in [-0.4, -0.2) is 27.0 Å². The van der Waals surface area contributed by atoms with Crippen molar-refractivity contribution in [2.24, 2.45) is 0 Å². The molecule has 0 amide bonds. The zero-order valence-corrected chi connectivity index (χ0v) is 11.1. The summed E-state index contributed by atoms with van der Waals surface area (Å²) < 4.78 is 5.21. The Kier molecular flexibility index (Phi) is 4.17. The summed E-state index contributed by atoms with van der Waals surface area (Å²) in [6, 6.07) is 4.67. The van der Waals surface area contributed by atoms with Gasteiger partial charge in [-0.05, 0) is 19.1 Å². The molecule has 21 heavy (non-hydrogen) atoms. The monoisotopic (exact) mass is 291 g/mol. The van der Waals surface area contributed by atoms with Gasteiger partial charge < -0.3 is 14.8 Å². The van der Waals surface area contributed by atoms with Crippen LogP contribution < -0.4 is 5.32 Å². The van der Waals surface area contributed by atoms with Gasteiger partial charge in [0.1, 0.15) is 23.3 Å². The molecular weight excluding hydrogens is 278 g/mol. The van der Waals surface area contributed by atoms with E-state index in [0.717, 1.165) is 18.0 Å². The standard InChI is InChI=1S/C13H13N3O5/c1-8(5-9-3-2-4-21-9)15-12-6-10(13(17)18)11(7-14-12)16(19)20/h2-4,6-8H,5H2,1H3,(H,14,15)(H,17,18). The summed E-state index contributed by atoms with van der Waals surface area (Å²) >= 11 is 0. The molecule has 1 atom stereocenters. The largest absolute Gasteiger partial charge is 0.477 e. The number of aromatic nitrogens is 1. The molecule has 0 radical (unpaired) electrons. The highest BCUT2D eigenvalue weighted by Crippen LogP contribution is 2.21. The molecule has 1 unspecified atom stereocenters. The molecule has 2 aromatic rings. The number of carbonyl (C=O) groups is 1. The molecule has 110 valence electrons. The lowest BCUT2D eigenvalue weighted by Gasteiger charge is -2.13. The molecule has 0 aliphatic carbocycles. The number of carboxylic acid groups (broad SMARTS) is 1. The lowest BCUT2D eigenvalue weighted by Crippen LogP contribution is -2.19. The minimum atomic E-state index is -1.37. The summed E-state index contributed by atoms with van der Waals surface area (Å²) in [5, 5.41) is 22.7. The summed E-state index contributed by atoms with van der Waals surface area (Å²) in [6.07, 6.45) is 3.08. The molecule has 0 bridgehead atoms. The Morgan fingerprint density at radius 1 is 1.62 bits per heavy atom. The van der Waals surface area contributed by atoms with Crippen molar-refractivity contribution in [1.29, 1.82) is 0 Å². The van der Waals surface area contributed by atoms with Crippen molar-refractivity contribution in [2.75, 3.05) is 5.32 Å². The first-order valence-corrected chi connectivity index (χ1v) is 6.14. The molecule has 8 nitrogen and oxygen atoms in total. The van der Waals surface area contributed by atoms with E-state index >= 15 is 0 Å². The third kappa shape index (κ3) is 3.56. The minimum absolute atomic E-state index is 0.0771. The molecule has 2 N–H and O–H groups in total. The summed E-state index contributed by atoms with van der Waals surface area (Å²) in [7, 11) is 0. The number of carboxylic acids is 1. The van der Waals surface area contributed by atoms with E-state index < -0.39 is 22.1 Å². The van der Waals surface area contributed by atoms with Gasteiger partial charge in [0.15, 0.2) is 0 Å². The molecule has 0 aromatic carbocycles. The average molecular weight is 291 g/mol. The van der Waals surface area contributed by atoms with Gasteiger partial charge in [-0.3, -0.25) is 10.1 Å². The summed E-state index contributed by atoms with van der Waals surface area (Å²) in [5.41, 5.74) is -0.936. The van der Waals surface area contributed by atoms with Gasteiger partial charge in [0, 0.05) is 18.5 Å². The number of nitro groups is 1. The number of aromatic carboxylic acids is 1. The van der Waals surface area contributed by atoms with Crippen molar-refractivity contribution >= 4 is 17.5 Å². The van der Waals surface area contributed by atoms with E-state index in [2.05, 4.69) is 10.3 Å². The molecule has 0 aliphatic rings. The zero-order valence-electron chi connectivity index (χ0n) is 11.1. The fraction of sp³-hybridized carbons (Fsp3) is 0.231. The van der Waals surface area contributed by atoms with Gasteiger partial charge in [-0.25, -0.2) is 9.78 Å². The number of furan rings is 1.